The molecule has 0 heterocycles. The van der Waals surface area contributed by atoms with Gasteiger partial charge < -0.3 is 15.4 Å². The maximum Gasteiger partial charge on any atom is 1.00 e. The van der Waals surface area contributed by atoms with Gasteiger partial charge in [-0.2, -0.15) is 8.42 Å². The monoisotopic (exact) mass is 341 g/mol. The van der Waals surface area contributed by atoms with Crippen LogP contribution in [0.15, 0.2) is 34.1 Å². The van der Waals surface area contributed by atoms with E-state index in [1.807, 2.05) is 0 Å². The molecule has 0 unspecified atom stereocenters. The summed E-state index contributed by atoms with van der Waals surface area (Å²) in [4.78, 5) is -2.35. The van der Waals surface area contributed by atoms with E-state index in [0.29, 0.717) is 0 Å². The van der Waals surface area contributed by atoms with Gasteiger partial charge in [0.2, 0.25) is 0 Å². The summed E-state index contributed by atoms with van der Waals surface area (Å²) in [6.07, 6.45) is 0. The summed E-state index contributed by atoms with van der Waals surface area (Å²) in [6.45, 7) is 0. The van der Waals surface area contributed by atoms with Crippen LogP contribution in [0.2, 0.25) is 0 Å². The van der Waals surface area contributed by atoms with Crippen LogP contribution in [0, 0.1) is 0 Å². The number of nitrogen functional groups attached to an aromatic ring is 1. The Kier molecular flexibility index (Phi) is 4.95. The Hall–Kier alpha value is -0.880. The number of hydrogen-bond acceptors (Lipinski definition) is 7. The smallest absolute Gasteiger partial charge is 0.744 e. The van der Waals surface area contributed by atoms with Gasteiger partial charge in [0.05, 0.1) is 5.69 Å². The predicted octanol–water partition coefficient (Wildman–Crippen LogP) is -2.72. The Morgan fingerprint density at radius 2 is 1.48 bits per heavy atom. The zero-order valence-electron chi connectivity index (χ0n) is 10.6. The van der Waals surface area contributed by atoms with Crippen LogP contribution in [0.25, 0.3) is 10.8 Å². The minimum atomic E-state index is -5.24. The standard InChI is InChI=1S/C10H9NO7S2.Na/c11-7-5-3-1-2-4-6(5)9(19(13,14)15)8(12)10(7)20(16,17)18;/h1-4,12H,11H2,(H,13,14,15)(H,16,17,18);/q;+1/p-1. The zero-order valence-corrected chi connectivity index (χ0v) is 14.3. The van der Waals surface area contributed by atoms with Crippen molar-refractivity contribution >= 4 is 36.7 Å². The molecule has 2 aromatic carbocycles. The van der Waals surface area contributed by atoms with Gasteiger partial charge in [0.25, 0.3) is 10.1 Å². The molecule has 8 nitrogen and oxygen atoms in total. The van der Waals surface area contributed by atoms with Crippen molar-refractivity contribution in [3.05, 3.63) is 24.3 Å². The number of anilines is 1. The van der Waals surface area contributed by atoms with Crippen LogP contribution in [0.1, 0.15) is 0 Å². The van der Waals surface area contributed by atoms with E-state index in [9.17, 15) is 26.5 Å². The zero-order chi connectivity index (χ0) is 15.3. The second-order valence-corrected chi connectivity index (χ2v) is 6.57. The fourth-order valence-corrected chi connectivity index (χ4v) is 3.50. The molecular weight excluding hydrogens is 333 g/mol. The number of phenolic OH excluding ortho intramolecular Hbond substituents is 1. The van der Waals surface area contributed by atoms with E-state index in [1.54, 1.807) is 0 Å². The number of benzene rings is 2. The summed E-state index contributed by atoms with van der Waals surface area (Å²) in [7, 11) is -10.2. The Labute approximate surface area is 142 Å². The number of rotatable bonds is 2. The predicted molar refractivity (Wildman–Crippen MR) is 67.8 cm³/mol. The summed E-state index contributed by atoms with van der Waals surface area (Å²) >= 11 is 0. The number of aromatic hydroxyl groups is 1. The maximum absolute atomic E-state index is 11.3. The number of hydrogen-bond donors (Lipinski definition) is 3. The van der Waals surface area contributed by atoms with Crippen molar-refractivity contribution in [1.82, 2.24) is 0 Å². The van der Waals surface area contributed by atoms with Crippen molar-refractivity contribution in [3.8, 4) is 5.75 Å². The van der Waals surface area contributed by atoms with E-state index in [1.165, 1.54) is 24.3 Å². The van der Waals surface area contributed by atoms with E-state index >= 15 is 0 Å². The summed E-state index contributed by atoms with van der Waals surface area (Å²) < 4.78 is 65.1. The van der Waals surface area contributed by atoms with E-state index in [2.05, 4.69) is 0 Å². The van der Waals surface area contributed by atoms with E-state index in [4.69, 9.17) is 10.3 Å². The fraction of sp³-hybridized carbons (Fsp3) is 0. The Balaban J connectivity index is 0.00000220. The summed E-state index contributed by atoms with van der Waals surface area (Å²) in [5, 5.41) is 9.45. The summed E-state index contributed by atoms with van der Waals surface area (Å²) in [6, 6.07) is 5.27. The van der Waals surface area contributed by atoms with Gasteiger partial charge >= 0.3 is 29.6 Å². The molecular formula is C10H8NNaO7S2. The van der Waals surface area contributed by atoms with Gasteiger partial charge in [0, 0.05) is 10.8 Å². The normalized spacial score (nSPS) is 12.1. The molecule has 0 radical (unpaired) electrons. The second-order valence-electron chi connectivity index (χ2n) is 3.90. The van der Waals surface area contributed by atoms with Crippen molar-refractivity contribution in [1.29, 1.82) is 0 Å². The van der Waals surface area contributed by atoms with Crippen LogP contribution in [0.4, 0.5) is 5.69 Å². The molecule has 0 spiro atoms. The third-order valence-corrected chi connectivity index (χ3v) is 4.49. The molecule has 108 valence electrons. The molecule has 0 aliphatic rings. The van der Waals surface area contributed by atoms with E-state index in [-0.39, 0.29) is 40.3 Å². The number of phenols is 1. The van der Waals surface area contributed by atoms with Crippen molar-refractivity contribution in [3.63, 3.8) is 0 Å². The molecule has 2 aromatic rings. The minimum absolute atomic E-state index is 0. The first-order chi connectivity index (χ1) is 9.05. The van der Waals surface area contributed by atoms with Crippen molar-refractivity contribution in [2.24, 2.45) is 0 Å². The Morgan fingerprint density at radius 3 is 1.90 bits per heavy atom. The Bertz CT molecular complexity index is 922. The molecule has 4 N–H and O–H groups in total. The van der Waals surface area contributed by atoms with Crippen molar-refractivity contribution < 1.29 is 60.6 Å². The third kappa shape index (κ3) is 3.16. The molecule has 0 aliphatic heterocycles. The first-order valence-electron chi connectivity index (χ1n) is 5.01. The van der Waals surface area contributed by atoms with Crippen LogP contribution >= 0.6 is 0 Å². The van der Waals surface area contributed by atoms with E-state index < -0.39 is 41.5 Å². The van der Waals surface area contributed by atoms with Crippen molar-refractivity contribution in [2.75, 3.05) is 5.73 Å². The summed E-state index contributed by atoms with van der Waals surface area (Å²) in [5.74, 6) is -1.39. The van der Waals surface area contributed by atoms with Crippen LogP contribution in [-0.4, -0.2) is 31.0 Å². The quantitative estimate of drug-likeness (QED) is 0.302. The average Bonchev–Trinajstić information content (AvgIpc) is 2.25. The van der Waals surface area contributed by atoms with Gasteiger partial charge in [-0.05, 0) is 0 Å². The van der Waals surface area contributed by atoms with Gasteiger partial charge in [-0.15, -0.1) is 0 Å². The van der Waals surface area contributed by atoms with Crippen LogP contribution in [0.5, 0.6) is 5.75 Å². The van der Waals surface area contributed by atoms with Crippen LogP contribution < -0.4 is 35.3 Å². The maximum atomic E-state index is 11.3. The molecule has 0 saturated carbocycles. The largest absolute Gasteiger partial charge is 1.00 e. The first kappa shape index (κ1) is 18.2. The molecule has 0 fully saturated rings. The second kappa shape index (κ2) is 5.72. The van der Waals surface area contributed by atoms with Crippen LogP contribution in [-0.2, 0) is 20.2 Å². The third-order valence-electron chi connectivity index (χ3n) is 2.64. The van der Waals surface area contributed by atoms with Gasteiger partial charge in [0.15, 0.2) is 5.75 Å². The average molecular weight is 341 g/mol. The molecule has 0 aromatic heterocycles. The molecule has 2 rings (SSSR count). The molecule has 11 heteroatoms. The van der Waals surface area contributed by atoms with Crippen molar-refractivity contribution in [2.45, 2.75) is 9.79 Å². The SMILES string of the molecule is Nc1c(S(=O)(=O)[O-])c(O)c(S(=O)(=O)O)c2ccccc12.[Na+]. The molecule has 0 saturated heterocycles. The molecule has 0 aliphatic carbocycles. The minimum Gasteiger partial charge on any atom is -0.744 e. The van der Waals surface area contributed by atoms with Crippen LogP contribution in [0.3, 0.4) is 0 Å². The number of fused-ring (bicyclic) bond motifs is 1. The fourth-order valence-electron chi connectivity index (χ4n) is 1.91. The number of nitrogens with two attached hydrogens (primary N) is 1. The molecule has 0 amide bonds. The molecule has 0 atom stereocenters. The first-order valence-corrected chi connectivity index (χ1v) is 7.86. The van der Waals surface area contributed by atoms with E-state index in [0.717, 1.165) is 0 Å². The van der Waals surface area contributed by atoms with Gasteiger partial charge in [0.1, 0.15) is 19.9 Å². The topological polar surface area (TPSA) is 158 Å². The van der Waals surface area contributed by atoms with Gasteiger partial charge in [-0.3, -0.25) is 4.55 Å². The van der Waals surface area contributed by atoms with Gasteiger partial charge in [-0.1, -0.05) is 24.3 Å². The molecule has 0 bridgehead atoms. The van der Waals surface area contributed by atoms with Gasteiger partial charge in [-0.25, -0.2) is 8.42 Å². The Morgan fingerprint density at radius 1 is 1.00 bits per heavy atom. The summed E-state index contributed by atoms with van der Waals surface area (Å²) in [5.41, 5.74) is 4.92. The molecule has 21 heavy (non-hydrogen) atoms.